The summed E-state index contributed by atoms with van der Waals surface area (Å²) < 4.78 is 5.48. The molecular formula is C23H26N2O2. The van der Waals surface area contributed by atoms with E-state index in [0.717, 1.165) is 45.0 Å². The van der Waals surface area contributed by atoms with Gasteiger partial charge in [0, 0.05) is 31.0 Å². The van der Waals surface area contributed by atoms with Crippen molar-refractivity contribution >= 4 is 17.3 Å². The fraction of sp³-hybridized carbons (Fsp3) is 0.435. The van der Waals surface area contributed by atoms with Gasteiger partial charge in [0.15, 0.2) is 0 Å². The number of anilines is 2. The molecule has 1 unspecified atom stereocenters. The first kappa shape index (κ1) is 16.8. The summed E-state index contributed by atoms with van der Waals surface area (Å²) in [6, 6.07) is 17.0. The van der Waals surface area contributed by atoms with Gasteiger partial charge in [-0.2, -0.15) is 0 Å². The van der Waals surface area contributed by atoms with Gasteiger partial charge >= 0.3 is 0 Å². The van der Waals surface area contributed by atoms with Crippen molar-refractivity contribution in [1.29, 1.82) is 0 Å². The lowest BCUT2D eigenvalue weighted by Gasteiger charge is -2.30. The Hall–Kier alpha value is -2.33. The Morgan fingerprint density at radius 1 is 1.00 bits per heavy atom. The van der Waals surface area contributed by atoms with Crippen molar-refractivity contribution in [2.75, 3.05) is 42.6 Å². The van der Waals surface area contributed by atoms with Crippen LogP contribution in [0.1, 0.15) is 29.9 Å². The molecule has 4 nitrogen and oxygen atoms in total. The number of carbonyl (C=O) groups excluding carboxylic acids is 1. The molecule has 0 N–H and O–H groups in total. The molecule has 2 heterocycles. The average Bonchev–Trinajstić information content (AvgIpc) is 3.47. The Balaban J connectivity index is 1.44. The Bertz CT molecular complexity index is 826. The molecule has 1 amide bonds. The number of hydrogen-bond donors (Lipinski definition) is 0. The third-order valence-electron chi connectivity index (χ3n) is 6.12. The summed E-state index contributed by atoms with van der Waals surface area (Å²) >= 11 is 0. The van der Waals surface area contributed by atoms with Crippen LogP contribution < -0.4 is 9.80 Å². The number of rotatable bonds is 4. The minimum absolute atomic E-state index is 0.00388. The maximum Gasteiger partial charge on any atom is 0.234 e. The first-order valence-electron chi connectivity index (χ1n) is 10.1. The largest absolute Gasteiger partial charge is 0.378 e. The highest BCUT2D eigenvalue weighted by molar-refractivity contribution is 6.00. The van der Waals surface area contributed by atoms with Crippen molar-refractivity contribution in [3.05, 3.63) is 59.7 Å². The van der Waals surface area contributed by atoms with Crippen LogP contribution >= 0.6 is 0 Å². The van der Waals surface area contributed by atoms with Gasteiger partial charge in [-0.1, -0.05) is 36.4 Å². The first-order chi connectivity index (χ1) is 13.3. The standard InChI is InChI=1S/C23H26N2O2/c26-23(22(19-6-7-19)18-4-2-1-3-5-18)25-11-10-17-8-9-20(16-21(17)25)24-12-14-27-15-13-24/h1-5,8-9,16,19,22H,6-7,10-15H2. The molecule has 2 aromatic carbocycles. The van der Waals surface area contributed by atoms with Gasteiger partial charge in [-0.15, -0.1) is 0 Å². The number of morpholine rings is 1. The zero-order chi connectivity index (χ0) is 18.2. The molecular weight excluding hydrogens is 336 g/mol. The zero-order valence-electron chi connectivity index (χ0n) is 15.6. The fourth-order valence-corrected chi connectivity index (χ4v) is 4.49. The van der Waals surface area contributed by atoms with Crippen LogP contribution in [-0.2, 0) is 16.0 Å². The zero-order valence-corrected chi connectivity index (χ0v) is 15.6. The van der Waals surface area contributed by atoms with E-state index >= 15 is 0 Å². The van der Waals surface area contributed by atoms with E-state index in [1.54, 1.807) is 0 Å². The van der Waals surface area contributed by atoms with Crippen LogP contribution in [0.25, 0.3) is 0 Å². The highest BCUT2D eigenvalue weighted by atomic mass is 16.5. The SMILES string of the molecule is O=C(C(c1ccccc1)C1CC1)N1CCc2ccc(N3CCOCC3)cc21. The van der Waals surface area contributed by atoms with Crippen LogP contribution in [0.5, 0.6) is 0 Å². The second-order valence-electron chi connectivity index (χ2n) is 7.88. The van der Waals surface area contributed by atoms with Crippen molar-refractivity contribution in [2.24, 2.45) is 5.92 Å². The monoisotopic (exact) mass is 362 g/mol. The molecule has 1 saturated carbocycles. The van der Waals surface area contributed by atoms with E-state index in [0.29, 0.717) is 5.92 Å². The van der Waals surface area contributed by atoms with E-state index in [4.69, 9.17) is 4.74 Å². The van der Waals surface area contributed by atoms with Gasteiger partial charge in [0.25, 0.3) is 0 Å². The van der Waals surface area contributed by atoms with Gasteiger partial charge in [0.05, 0.1) is 19.1 Å². The molecule has 1 saturated heterocycles. The second kappa shape index (κ2) is 7.01. The van der Waals surface area contributed by atoms with E-state index in [-0.39, 0.29) is 11.8 Å². The average molecular weight is 362 g/mol. The molecule has 5 rings (SSSR count). The Morgan fingerprint density at radius 3 is 2.52 bits per heavy atom. The third-order valence-corrected chi connectivity index (χ3v) is 6.12. The number of hydrogen-bond acceptors (Lipinski definition) is 3. The van der Waals surface area contributed by atoms with Crippen LogP contribution in [0.15, 0.2) is 48.5 Å². The van der Waals surface area contributed by atoms with E-state index in [1.807, 2.05) is 18.2 Å². The lowest BCUT2D eigenvalue weighted by Crippen LogP contribution is -2.37. The molecule has 2 fully saturated rings. The Labute approximate surface area is 160 Å². The quantitative estimate of drug-likeness (QED) is 0.833. The van der Waals surface area contributed by atoms with E-state index in [1.165, 1.54) is 29.7 Å². The lowest BCUT2D eigenvalue weighted by atomic mass is 9.92. The Kier molecular flexibility index (Phi) is 4.36. The van der Waals surface area contributed by atoms with Gasteiger partial charge in [-0.05, 0) is 48.4 Å². The molecule has 0 radical (unpaired) electrons. The molecule has 4 heteroatoms. The first-order valence-corrected chi connectivity index (χ1v) is 10.1. The summed E-state index contributed by atoms with van der Waals surface area (Å²) in [6.45, 7) is 4.19. The molecule has 27 heavy (non-hydrogen) atoms. The summed E-state index contributed by atoms with van der Waals surface area (Å²) in [4.78, 5) is 18.0. The van der Waals surface area contributed by atoms with Crippen molar-refractivity contribution in [1.82, 2.24) is 0 Å². The molecule has 1 atom stereocenters. The van der Waals surface area contributed by atoms with Gasteiger partial charge in [0.1, 0.15) is 0 Å². The van der Waals surface area contributed by atoms with E-state index in [9.17, 15) is 4.79 Å². The van der Waals surface area contributed by atoms with Gasteiger partial charge in [-0.25, -0.2) is 0 Å². The molecule has 2 aromatic rings. The predicted octanol–water partition coefficient (Wildman–Crippen LogP) is 3.61. The number of fused-ring (bicyclic) bond motifs is 1. The second-order valence-corrected chi connectivity index (χ2v) is 7.88. The predicted molar refractivity (Wildman–Crippen MR) is 107 cm³/mol. The van der Waals surface area contributed by atoms with Gasteiger partial charge < -0.3 is 14.5 Å². The van der Waals surface area contributed by atoms with Gasteiger partial charge in [-0.3, -0.25) is 4.79 Å². The minimum atomic E-state index is 0.00388. The summed E-state index contributed by atoms with van der Waals surface area (Å²) in [5, 5.41) is 0. The van der Waals surface area contributed by atoms with Crippen LogP contribution in [0.4, 0.5) is 11.4 Å². The van der Waals surface area contributed by atoms with Crippen LogP contribution in [-0.4, -0.2) is 38.8 Å². The fourth-order valence-electron chi connectivity index (χ4n) is 4.49. The number of nitrogens with zero attached hydrogens (tertiary/aromatic N) is 2. The number of benzene rings is 2. The molecule has 3 aliphatic rings. The number of amides is 1. The topological polar surface area (TPSA) is 32.8 Å². The number of ether oxygens (including phenoxy) is 1. The van der Waals surface area contributed by atoms with Crippen molar-refractivity contribution in [3.63, 3.8) is 0 Å². The minimum Gasteiger partial charge on any atom is -0.378 e. The van der Waals surface area contributed by atoms with Gasteiger partial charge in [0.2, 0.25) is 5.91 Å². The third kappa shape index (κ3) is 3.23. The van der Waals surface area contributed by atoms with E-state index < -0.39 is 0 Å². The van der Waals surface area contributed by atoms with Crippen molar-refractivity contribution in [3.8, 4) is 0 Å². The lowest BCUT2D eigenvalue weighted by molar-refractivity contribution is -0.120. The van der Waals surface area contributed by atoms with Crippen molar-refractivity contribution in [2.45, 2.75) is 25.2 Å². The molecule has 1 aliphatic carbocycles. The maximum absolute atomic E-state index is 13.6. The van der Waals surface area contributed by atoms with E-state index in [2.05, 4.69) is 40.1 Å². The van der Waals surface area contributed by atoms with Crippen LogP contribution in [0.3, 0.4) is 0 Å². The number of carbonyl (C=O) groups is 1. The smallest absolute Gasteiger partial charge is 0.234 e. The molecule has 2 aliphatic heterocycles. The molecule has 0 spiro atoms. The summed E-state index contributed by atoms with van der Waals surface area (Å²) in [5.41, 5.74) is 4.79. The Morgan fingerprint density at radius 2 is 1.78 bits per heavy atom. The summed E-state index contributed by atoms with van der Waals surface area (Å²) in [7, 11) is 0. The van der Waals surface area contributed by atoms with Crippen LogP contribution in [0.2, 0.25) is 0 Å². The normalized spacial score (nSPS) is 20.4. The van der Waals surface area contributed by atoms with Crippen molar-refractivity contribution < 1.29 is 9.53 Å². The molecule has 140 valence electrons. The molecule has 0 aromatic heterocycles. The molecule has 0 bridgehead atoms. The summed E-state index contributed by atoms with van der Waals surface area (Å²) in [6.07, 6.45) is 3.29. The van der Waals surface area contributed by atoms with Crippen LogP contribution in [0, 0.1) is 5.92 Å². The highest BCUT2D eigenvalue weighted by Gasteiger charge is 2.41. The highest BCUT2D eigenvalue weighted by Crippen LogP contribution is 2.45. The maximum atomic E-state index is 13.6. The summed E-state index contributed by atoms with van der Waals surface area (Å²) in [5.74, 6) is 0.789.